The molecule has 2 N–H and O–H groups in total. The summed E-state index contributed by atoms with van der Waals surface area (Å²) in [7, 11) is 0. The highest BCUT2D eigenvalue weighted by Gasteiger charge is 2.16. The summed E-state index contributed by atoms with van der Waals surface area (Å²) in [6.07, 6.45) is 0. The van der Waals surface area contributed by atoms with Crippen LogP contribution in [0.4, 0.5) is 0 Å². The predicted molar refractivity (Wildman–Crippen MR) is 63.8 cm³/mol. The maximum atomic E-state index is 10.6. The van der Waals surface area contributed by atoms with Gasteiger partial charge in [-0.3, -0.25) is 0 Å². The van der Waals surface area contributed by atoms with Crippen LogP contribution in [0.5, 0.6) is 5.75 Å². The second-order valence-electron chi connectivity index (χ2n) is 3.02. The molecule has 1 aromatic heterocycles. The first-order valence-corrected chi connectivity index (χ1v) is 5.83. The van der Waals surface area contributed by atoms with Crippen molar-refractivity contribution in [3.8, 4) is 17.2 Å². The zero-order valence-electron chi connectivity index (χ0n) is 8.02. The van der Waals surface area contributed by atoms with E-state index in [9.17, 15) is 9.90 Å². The molecule has 2 rings (SSSR count). The van der Waals surface area contributed by atoms with E-state index >= 15 is 0 Å². The van der Waals surface area contributed by atoms with Gasteiger partial charge >= 0.3 is 5.97 Å². The number of carbonyl (C=O) groups is 1. The van der Waals surface area contributed by atoms with Crippen molar-refractivity contribution < 1.29 is 19.5 Å². The van der Waals surface area contributed by atoms with E-state index in [0.717, 1.165) is 0 Å². The van der Waals surface area contributed by atoms with Gasteiger partial charge in [0.2, 0.25) is 0 Å². The molecule has 0 saturated carbocycles. The van der Waals surface area contributed by atoms with Crippen molar-refractivity contribution in [1.29, 1.82) is 0 Å². The fourth-order valence-electron chi connectivity index (χ4n) is 1.12. The highest BCUT2D eigenvalue weighted by Crippen LogP contribution is 2.36. The van der Waals surface area contributed by atoms with E-state index in [2.05, 4.69) is 42.0 Å². The van der Waals surface area contributed by atoms with Crippen molar-refractivity contribution in [1.82, 2.24) is 10.1 Å². The number of phenolic OH excluding ortho intramolecular Hbond substituents is 1. The van der Waals surface area contributed by atoms with Crippen LogP contribution in [0.2, 0.25) is 0 Å². The van der Waals surface area contributed by atoms with Crippen LogP contribution in [0.1, 0.15) is 10.6 Å². The van der Waals surface area contributed by atoms with Gasteiger partial charge < -0.3 is 14.7 Å². The number of carboxylic acid groups (broad SMARTS) is 1. The molecule has 0 aliphatic heterocycles. The molecule has 0 radical (unpaired) electrons. The summed E-state index contributed by atoms with van der Waals surface area (Å²) in [5.41, 5.74) is 0.488. The first-order valence-electron chi connectivity index (χ1n) is 4.24. The number of nitrogens with zero attached hydrogens (tertiary/aromatic N) is 2. The zero-order valence-corrected chi connectivity index (χ0v) is 11.2. The van der Waals surface area contributed by atoms with Crippen molar-refractivity contribution in [2.75, 3.05) is 0 Å². The van der Waals surface area contributed by atoms with Crippen LogP contribution < -0.4 is 0 Å². The van der Waals surface area contributed by atoms with Crippen LogP contribution in [0.3, 0.4) is 0 Å². The number of rotatable bonds is 2. The number of aromatic hydroxyl groups is 1. The maximum Gasteiger partial charge on any atom is 0.377 e. The maximum absolute atomic E-state index is 10.6. The molecular weight excluding hydrogens is 360 g/mol. The molecule has 88 valence electrons. The fourth-order valence-corrected chi connectivity index (χ4v) is 2.30. The number of carboxylic acids is 1. The van der Waals surface area contributed by atoms with Gasteiger partial charge in [0.05, 0.1) is 8.95 Å². The standard InChI is InChI=1S/C9H4Br2N2O4/c10-4-1-3(2-5(11)6(4)14)8-12-7(9(15)16)13-17-8/h1-2,14H,(H,15,16). The van der Waals surface area contributed by atoms with Crippen molar-refractivity contribution >= 4 is 37.8 Å². The molecule has 0 fully saturated rings. The van der Waals surface area contributed by atoms with Gasteiger partial charge in [0, 0.05) is 5.56 Å². The minimum Gasteiger partial charge on any atom is -0.506 e. The lowest BCUT2D eigenvalue weighted by atomic mass is 10.2. The molecule has 0 bridgehead atoms. The van der Waals surface area contributed by atoms with Crippen molar-refractivity contribution in [3.63, 3.8) is 0 Å². The smallest absolute Gasteiger partial charge is 0.377 e. The van der Waals surface area contributed by atoms with Crippen molar-refractivity contribution in [2.45, 2.75) is 0 Å². The molecule has 0 saturated heterocycles. The van der Waals surface area contributed by atoms with Crippen LogP contribution in [0.25, 0.3) is 11.5 Å². The number of hydrogen-bond acceptors (Lipinski definition) is 5. The summed E-state index contributed by atoms with van der Waals surface area (Å²) in [4.78, 5) is 14.3. The average Bonchev–Trinajstić information content (AvgIpc) is 2.74. The molecule has 1 heterocycles. The highest BCUT2D eigenvalue weighted by atomic mass is 79.9. The lowest BCUT2D eigenvalue weighted by molar-refractivity contribution is 0.0680. The minimum absolute atomic E-state index is 0.0340. The van der Waals surface area contributed by atoms with E-state index < -0.39 is 11.8 Å². The number of hydrogen-bond donors (Lipinski definition) is 2. The Hall–Kier alpha value is -1.41. The normalized spacial score (nSPS) is 10.5. The Morgan fingerprint density at radius 3 is 2.35 bits per heavy atom. The highest BCUT2D eigenvalue weighted by molar-refractivity contribution is 9.11. The summed E-state index contributed by atoms with van der Waals surface area (Å²) < 4.78 is 5.65. The van der Waals surface area contributed by atoms with Gasteiger partial charge in [-0.15, -0.1) is 0 Å². The third-order valence-electron chi connectivity index (χ3n) is 1.88. The lowest BCUT2D eigenvalue weighted by Crippen LogP contribution is -1.98. The van der Waals surface area contributed by atoms with Gasteiger partial charge in [-0.05, 0) is 49.1 Å². The van der Waals surface area contributed by atoms with Crippen LogP contribution in [0.15, 0.2) is 25.6 Å². The number of halogens is 2. The number of phenols is 1. The Morgan fingerprint density at radius 2 is 1.88 bits per heavy atom. The monoisotopic (exact) mass is 362 g/mol. The fraction of sp³-hybridized carbons (Fsp3) is 0. The first kappa shape index (κ1) is 12.1. The minimum atomic E-state index is -1.27. The third kappa shape index (κ3) is 2.32. The van der Waals surface area contributed by atoms with E-state index in [1.54, 1.807) is 12.1 Å². The predicted octanol–water partition coefficient (Wildman–Crippen LogP) is 2.67. The molecule has 17 heavy (non-hydrogen) atoms. The van der Waals surface area contributed by atoms with E-state index in [1.807, 2.05) is 0 Å². The van der Waals surface area contributed by atoms with Crippen molar-refractivity contribution in [2.24, 2.45) is 0 Å². The average molecular weight is 364 g/mol. The number of aromatic nitrogens is 2. The van der Waals surface area contributed by atoms with Gasteiger partial charge in [-0.2, -0.15) is 4.98 Å². The Kier molecular flexibility index (Phi) is 3.16. The summed E-state index contributed by atoms with van der Waals surface area (Å²) in [6.45, 7) is 0. The quantitative estimate of drug-likeness (QED) is 0.851. The van der Waals surface area contributed by atoms with Gasteiger partial charge in [-0.25, -0.2) is 4.79 Å². The Balaban J connectivity index is 2.49. The lowest BCUT2D eigenvalue weighted by Gasteiger charge is -2.01. The van der Waals surface area contributed by atoms with Crippen molar-refractivity contribution in [3.05, 3.63) is 26.9 Å². The number of benzene rings is 1. The van der Waals surface area contributed by atoms with Gasteiger partial charge in [0.1, 0.15) is 5.75 Å². The van der Waals surface area contributed by atoms with E-state index in [1.165, 1.54) is 0 Å². The molecule has 0 aliphatic carbocycles. The Labute approximate surface area is 112 Å². The Bertz CT molecular complexity index is 573. The summed E-state index contributed by atoms with van der Waals surface area (Å²) in [5.74, 6) is -1.59. The topological polar surface area (TPSA) is 96.5 Å². The van der Waals surface area contributed by atoms with Crippen LogP contribution in [-0.2, 0) is 0 Å². The molecule has 1 aromatic carbocycles. The molecule has 6 nitrogen and oxygen atoms in total. The number of aromatic carboxylic acids is 1. The molecule has 0 unspecified atom stereocenters. The van der Waals surface area contributed by atoms with E-state index in [4.69, 9.17) is 9.63 Å². The molecule has 0 aliphatic rings. The SMILES string of the molecule is O=C(O)c1noc(-c2cc(Br)c(O)c(Br)c2)n1. The van der Waals surface area contributed by atoms with E-state index in [0.29, 0.717) is 14.5 Å². The Morgan fingerprint density at radius 1 is 1.29 bits per heavy atom. The van der Waals surface area contributed by atoms with Gasteiger partial charge in [0.25, 0.3) is 11.7 Å². The second kappa shape index (κ2) is 4.46. The summed E-state index contributed by atoms with van der Waals surface area (Å²) in [6, 6.07) is 3.08. The van der Waals surface area contributed by atoms with Crippen LogP contribution in [-0.4, -0.2) is 26.3 Å². The first-order chi connectivity index (χ1) is 7.99. The van der Waals surface area contributed by atoms with Gasteiger partial charge in [-0.1, -0.05) is 0 Å². The molecular formula is C9H4Br2N2O4. The second-order valence-corrected chi connectivity index (χ2v) is 4.73. The van der Waals surface area contributed by atoms with Crippen LogP contribution in [0, 0.1) is 0 Å². The molecule has 0 atom stereocenters. The molecule has 8 heteroatoms. The van der Waals surface area contributed by atoms with Gasteiger partial charge in [0.15, 0.2) is 0 Å². The van der Waals surface area contributed by atoms with E-state index in [-0.39, 0.29) is 11.6 Å². The molecule has 0 amide bonds. The summed E-state index contributed by atoms with van der Waals surface area (Å²) in [5, 5.41) is 21.5. The summed E-state index contributed by atoms with van der Waals surface area (Å²) >= 11 is 6.29. The molecule has 2 aromatic rings. The van der Waals surface area contributed by atoms with Crippen LogP contribution >= 0.6 is 31.9 Å². The zero-order chi connectivity index (χ0) is 12.6. The third-order valence-corrected chi connectivity index (χ3v) is 3.09. The molecule has 0 spiro atoms. The largest absolute Gasteiger partial charge is 0.506 e.